The van der Waals surface area contributed by atoms with E-state index in [-0.39, 0.29) is 18.4 Å². The smallest absolute Gasteiger partial charge is 0.251 e. The fourth-order valence-electron chi connectivity index (χ4n) is 1.40. The number of benzene rings is 1. The zero-order valence-corrected chi connectivity index (χ0v) is 10.4. The molecule has 1 rings (SSSR count). The Hall–Kier alpha value is -2.24. The highest BCUT2D eigenvalue weighted by Gasteiger charge is 2.09. The molecule has 0 fully saturated rings. The lowest BCUT2D eigenvalue weighted by Crippen LogP contribution is -2.36. The summed E-state index contributed by atoms with van der Waals surface area (Å²) in [6.07, 6.45) is 0. The van der Waals surface area contributed by atoms with Crippen molar-refractivity contribution in [3.8, 4) is 5.75 Å². The topological polar surface area (TPSA) is 93.5 Å². The van der Waals surface area contributed by atoms with Crippen molar-refractivity contribution in [2.24, 2.45) is 0 Å². The molecule has 98 valence electrons. The highest BCUT2D eigenvalue weighted by Crippen LogP contribution is 2.21. The predicted molar refractivity (Wildman–Crippen MR) is 68.4 cm³/mol. The first kappa shape index (κ1) is 13.8. The summed E-state index contributed by atoms with van der Waals surface area (Å²) in [5, 5.41) is 5.08. The van der Waals surface area contributed by atoms with Crippen LogP contribution in [0, 0.1) is 0 Å². The number of carbonyl (C=O) groups is 2. The molecule has 4 N–H and O–H groups in total. The molecule has 1 aromatic rings. The maximum atomic E-state index is 11.7. The van der Waals surface area contributed by atoms with Gasteiger partial charge in [0.2, 0.25) is 5.91 Å². The van der Waals surface area contributed by atoms with Crippen LogP contribution in [0.1, 0.15) is 17.3 Å². The molecule has 0 radical (unpaired) electrons. The minimum Gasteiger partial charge on any atom is -0.495 e. The van der Waals surface area contributed by atoms with Crippen molar-refractivity contribution in [2.75, 3.05) is 25.9 Å². The van der Waals surface area contributed by atoms with Crippen LogP contribution < -0.4 is 21.1 Å². The Balaban J connectivity index is 2.62. The van der Waals surface area contributed by atoms with E-state index in [0.29, 0.717) is 23.5 Å². The van der Waals surface area contributed by atoms with Crippen molar-refractivity contribution in [1.29, 1.82) is 0 Å². The van der Waals surface area contributed by atoms with Crippen LogP contribution in [0.25, 0.3) is 0 Å². The molecule has 0 spiro atoms. The molecule has 0 aliphatic heterocycles. The second-order valence-electron chi connectivity index (χ2n) is 3.59. The molecule has 0 aliphatic carbocycles. The van der Waals surface area contributed by atoms with Gasteiger partial charge in [0.05, 0.1) is 19.3 Å². The zero-order chi connectivity index (χ0) is 13.5. The van der Waals surface area contributed by atoms with Crippen LogP contribution in [0.4, 0.5) is 5.69 Å². The third-order valence-electron chi connectivity index (χ3n) is 2.28. The third kappa shape index (κ3) is 3.65. The molecule has 0 bridgehead atoms. The summed E-state index contributed by atoms with van der Waals surface area (Å²) >= 11 is 0. The van der Waals surface area contributed by atoms with Gasteiger partial charge >= 0.3 is 0 Å². The van der Waals surface area contributed by atoms with Gasteiger partial charge in [-0.05, 0) is 25.1 Å². The van der Waals surface area contributed by atoms with Crippen LogP contribution in [0.3, 0.4) is 0 Å². The minimum atomic E-state index is -0.351. The average Bonchev–Trinajstić information content (AvgIpc) is 2.36. The van der Waals surface area contributed by atoms with Crippen molar-refractivity contribution >= 4 is 17.5 Å². The van der Waals surface area contributed by atoms with Crippen molar-refractivity contribution in [3.63, 3.8) is 0 Å². The lowest BCUT2D eigenvalue weighted by Gasteiger charge is -2.08. The molecule has 2 amide bonds. The number of anilines is 1. The molecule has 0 atom stereocenters. The number of ether oxygens (including phenoxy) is 1. The molecule has 0 unspecified atom stereocenters. The van der Waals surface area contributed by atoms with Gasteiger partial charge in [-0.2, -0.15) is 0 Å². The molecular weight excluding hydrogens is 234 g/mol. The predicted octanol–water partition coefficient (Wildman–Crippen LogP) is 0.143. The molecular formula is C12H17N3O3. The largest absolute Gasteiger partial charge is 0.495 e. The minimum absolute atomic E-state index is 0.0569. The Bertz CT molecular complexity index is 446. The number of hydrogen-bond donors (Lipinski definition) is 3. The van der Waals surface area contributed by atoms with Gasteiger partial charge in [0.25, 0.3) is 5.91 Å². The fraction of sp³-hybridized carbons (Fsp3) is 0.333. The molecule has 18 heavy (non-hydrogen) atoms. The van der Waals surface area contributed by atoms with Gasteiger partial charge in [0, 0.05) is 12.1 Å². The molecule has 1 aromatic carbocycles. The van der Waals surface area contributed by atoms with Gasteiger partial charge < -0.3 is 21.1 Å². The Labute approximate surface area is 105 Å². The van der Waals surface area contributed by atoms with E-state index in [9.17, 15) is 9.59 Å². The lowest BCUT2D eigenvalue weighted by atomic mass is 10.2. The van der Waals surface area contributed by atoms with Gasteiger partial charge in [-0.15, -0.1) is 0 Å². The van der Waals surface area contributed by atoms with Crippen LogP contribution in [0.15, 0.2) is 18.2 Å². The van der Waals surface area contributed by atoms with Crippen LogP contribution >= 0.6 is 0 Å². The zero-order valence-electron chi connectivity index (χ0n) is 10.4. The van der Waals surface area contributed by atoms with Crippen LogP contribution in [-0.4, -0.2) is 32.0 Å². The van der Waals surface area contributed by atoms with E-state index >= 15 is 0 Å². The maximum absolute atomic E-state index is 11.7. The first-order chi connectivity index (χ1) is 8.58. The van der Waals surface area contributed by atoms with Crippen molar-refractivity contribution < 1.29 is 14.3 Å². The van der Waals surface area contributed by atoms with Crippen molar-refractivity contribution in [1.82, 2.24) is 10.6 Å². The van der Waals surface area contributed by atoms with Crippen LogP contribution in [-0.2, 0) is 4.79 Å². The first-order valence-electron chi connectivity index (χ1n) is 5.57. The van der Waals surface area contributed by atoms with E-state index in [1.165, 1.54) is 13.2 Å². The molecule has 0 saturated carbocycles. The van der Waals surface area contributed by atoms with E-state index in [1.54, 1.807) is 12.1 Å². The first-order valence-corrected chi connectivity index (χ1v) is 5.57. The number of amides is 2. The second kappa shape index (κ2) is 6.48. The van der Waals surface area contributed by atoms with Gasteiger partial charge in [-0.1, -0.05) is 0 Å². The third-order valence-corrected chi connectivity index (χ3v) is 2.28. The summed E-state index contributed by atoms with van der Waals surface area (Å²) in [5.74, 6) is -0.0711. The van der Waals surface area contributed by atoms with Crippen molar-refractivity contribution in [3.05, 3.63) is 23.8 Å². The monoisotopic (exact) mass is 251 g/mol. The van der Waals surface area contributed by atoms with E-state index in [0.717, 1.165) is 0 Å². The van der Waals surface area contributed by atoms with E-state index < -0.39 is 0 Å². The maximum Gasteiger partial charge on any atom is 0.251 e. The van der Waals surface area contributed by atoms with Crippen LogP contribution in [0.5, 0.6) is 5.75 Å². The molecule has 0 saturated heterocycles. The highest BCUT2D eigenvalue weighted by molar-refractivity contribution is 5.97. The summed E-state index contributed by atoms with van der Waals surface area (Å²) in [7, 11) is 1.50. The number of nitrogen functional groups attached to an aromatic ring is 1. The van der Waals surface area contributed by atoms with Gasteiger partial charge in [0.1, 0.15) is 5.75 Å². The highest BCUT2D eigenvalue weighted by atomic mass is 16.5. The molecule has 0 aliphatic rings. The SMILES string of the molecule is CCNC(=O)CNC(=O)c1ccc(OC)c(N)c1. The Kier molecular flexibility index (Phi) is 4.98. The summed E-state index contributed by atoms with van der Waals surface area (Å²) in [5.41, 5.74) is 6.45. The number of hydrogen-bond acceptors (Lipinski definition) is 4. The molecule has 0 heterocycles. The summed E-state index contributed by atoms with van der Waals surface area (Å²) in [6, 6.07) is 4.70. The quantitative estimate of drug-likeness (QED) is 0.649. The van der Waals surface area contributed by atoms with Crippen LogP contribution in [0.2, 0.25) is 0 Å². The number of nitrogens with two attached hydrogens (primary N) is 1. The number of nitrogens with one attached hydrogen (secondary N) is 2. The second-order valence-corrected chi connectivity index (χ2v) is 3.59. The number of likely N-dealkylation sites (N-methyl/N-ethyl adjacent to an activating group) is 1. The normalized spacial score (nSPS) is 9.67. The fourth-order valence-corrected chi connectivity index (χ4v) is 1.40. The molecule has 6 nitrogen and oxygen atoms in total. The van der Waals surface area contributed by atoms with Gasteiger partial charge in [-0.25, -0.2) is 0 Å². The van der Waals surface area contributed by atoms with E-state index in [1.807, 2.05) is 6.92 Å². The Morgan fingerprint density at radius 1 is 1.33 bits per heavy atom. The lowest BCUT2D eigenvalue weighted by molar-refractivity contribution is -0.120. The van der Waals surface area contributed by atoms with E-state index in [4.69, 9.17) is 10.5 Å². The van der Waals surface area contributed by atoms with Gasteiger partial charge in [0.15, 0.2) is 0 Å². The van der Waals surface area contributed by atoms with Gasteiger partial charge in [-0.3, -0.25) is 9.59 Å². The summed E-state index contributed by atoms with van der Waals surface area (Å²) in [4.78, 5) is 22.9. The summed E-state index contributed by atoms with van der Waals surface area (Å²) < 4.78 is 4.99. The van der Waals surface area contributed by atoms with Crippen molar-refractivity contribution in [2.45, 2.75) is 6.92 Å². The average molecular weight is 251 g/mol. The Morgan fingerprint density at radius 2 is 2.06 bits per heavy atom. The number of methoxy groups -OCH3 is 1. The number of carbonyl (C=O) groups excluding carboxylic acids is 2. The van der Waals surface area contributed by atoms with E-state index in [2.05, 4.69) is 10.6 Å². The summed E-state index contributed by atoms with van der Waals surface area (Å²) in [6.45, 7) is 2.28. The standard InChI is InChI=1S/C12H17N3O3/c1-3-14-11(16)7-15-12(17)8-4-5-10(18-2)9(13)6-8/h4-6H,3,7,13H2,1-2H3,(H,14,16)(H,15,17). The number of rotatable bonds is 5. The molecule has 0 aromatic heterocycles. The Morgan fingerprint density at radius 3 is 2.61 bits per heavy atom. The molecule has 6 heteroatoms.